The summed E-state index contributed by atoms with van der Waals surface area (Å²) in [6.07, 6.45) is 3.11. The fourth-order valence-electron chi connectivity index (χ4n) is 3.43. The highest BCUT2D eigenvalue weighted by molar-refractivity contribution is 6.04. The summed E-state index contributed by atoms with van der Waals surface area (Å²) in [5.41, 5.74) is 5.75. The fourth-order valence-corrected chi connectivity index (χ4v) is 3.43. The lowest BCUT2D eigenvalue weighted by molar-refractivity contribution is -0.115. The molecular formula is C25H27N5O3. The van der Waals surface area contributed by atoms with E-state index in [1.165, 1.54) is 0 Å². The van der Waals surface area contributed by atoms with Crippen LogP contribution in [0, 0.1) is 20.8 Å². The second kappa shape index (κ2) is 10.9. The fraction of sp³-hybridized carbons (Fsp3) is 0.200. The van der Waals surface area contributed by atoms with E-state index in [4.69, 9.17) is 0 Å². The van der Waals surface area contributed by atoms with Crippen molar-refractivity contribution in [1.29, 1.82) is 0 Å². The molecule has 0 aliphatic heterocycles. The first-order valence-corrected chi connectivity index (χ1v) is 10.5. The number of carbonyl (C=O) groups excluding carboxylic acids is 3. The maximum absolute atomic E-state index is 12.3. The second-order valence-electron chi connectivity index (χ2n) is 7.75. The zero-order valence-corrected chi connectivity index (χ0v) is 18.9. The summed E-state index contributed by atoms with van der Waals surface area (Å²) in [7, 11) is 0. The van der Waals surface area contributed by atoms with E-state index in [2.05, 4.69) is 26.3 Å². The summed E-state index contributed by atoms with van der Waals surface area (Å²) in [6, 6.07) is 13.9. The molecule has 0 aliphatic rings. The quantitative estimate of drug-likeness (QED) is 0.444. The summed E-state index contributed by atoms with van der Waals surface area (Å²) < 4.78 is 0. The molecule has 1 aromatic heterocycles. The van der Waals surface area contributed by atoms with Crippen molar-refractivity contribution in [3.8, 4) is 0 Å². The lowest BCUT2D eigenvalue weighted by Crippen LogP contribution is -2.39. The van der Waals surface area contributed by atoms with Gasteiger partial charge in [0.25, 0.3) is 5.91 Å². The van der Waals surface area contributed by atoms with E-state index in [-0.39, 0.29) is 24.9 Å². The number of amides is 4. The number of aryl methyl sites for hydroxylation is 3. The van der Waals surface area contributed by atoms with Gasteiger partial charge in [0, 0.05) is 35.9 Å². The van der Waals surface area contributed by atoms with Crippen LogP contribution in [0.4, 0.5) is 16.2 Å². The van der Waals surface area contributed by atoms with E-state index in [1.54, 1.807) is 42.7 Å². The molecule has 8 nitrogen and oxygen atoms in total. The van der Waals surface area contributed by atoms with Crippen molar-refractivity contribution in [3.05, 3.63) is 88.7 Å². The van der Waals surface area contributed by atoms with E-state index >= 15 is 0 Å². The minimum Gasteiger partial charge on any atom is -0.334 e. The van der Waals surface area contributed by atoms with Crippen molar-refractivity contribution >= 4 is 29.2 Å². The lowest BCUT2D eigenvalue weighted by atomic mass is 10.1. The molecule has 3 rings (SSSR count). The van der Waals surface area contributed by atoms with Crippen LogP contribution in [0.15, 0.2) is 60.9 Å². The highest BCUT2D eigenvalue weighted by Gasteiger charge is 2.10. The Kier molecular flexibility index (Phi) is 7.75. The molecule has 0 saturated carbocycles. The third-order valence-corrected chi connectivity index (χ3v) is 4.93. The van der Waals surface area contributed by atoms with Crippen LogP contribution < -0.4 is 21.3 Å². The van der Waals surface area contributed by atoms with Crippen molar-refractivity contribution in [1.82, 2.24) is 15.6 Å². The highest BCUT2D eigenvalue weighted by atomic mass is 16.2. The molecule has 0 atom stereocenters. The van der Waals surface area contributed by atoms with Crippen molar-refractivity contribution in [2.24, 2.45) is 0 Å². The van der Waals surface area contributed by atoms with E-state index in [1.807, 2.05) is 39.0 Å². The monoisotopic (exact) mass is 445 g/mol. The maximum atomic E-state index is 12.3. The molecule has 0 fully saturated rings. The molecule has 3 aromatic rings. The van der Waals surface area contributed by atoms with Crippen molar-refractivity contribution in [2.45, 2.75) is 27.3 Å². The number of hydrogen-bond donors (Lipinski definition) is 4. The molecule has 2 aromatic carbocycles. The van der Waals surface area contributed by atoms with E-state index in [0.29, 0.717) is 11.3 Å². The number of anilines is 2. The molecule has 0 spiro atoms. The van der Waals surface area contributed by atoms with Gasteiger partial charge in [0.2, 0.25) is 5.91 Å². The van der Waals surface area contributed by atoms with Gasteiger partial charge in [-0.1, -0.05) is 29.8 Å². The molecule has 8 heteroatoms. The van der Waals surface area contributed by atoms with Crippen LogP contribution >= 0.6 is 0 Å². The van der Waals surface area contributed by atoms with Crippen LogP contribution in [-0.4, -0.2) is 29.4 Å². The Hall–Kier alpha value is -4.20. The number of pyridine rings is 1. The van der Waals surface area contributed by atoms with Crippen molar-refractivity contribution in [2.75, 3.05) is 17.2 Å². The van der Waals surface area contributed by atoms with E-state index < -0.39 is 6.03 Å². The van der Waals surface area contributed by atoms with Crippen LogP contribution in [0.2, 0.25) is 0 Å². The van der Waals surface area contributed by atoms with Gasteiger partial charge in [-0.3, -0.25) is 14.6 Å². The minimum atomic E-state index is -0.464. The molecule has 33 heavy (non-hydrogen) atoms. The summed E-state index contributed by atoms with van der Waals surface area (Å²) in [5.74, 6) is -0.550. The Bertz CT molecular complexity index is 1140. The first-order chi connectivity index (χ1) is 15.8. The molecule has 0 bridgehead atoms. The van der Waals surface area contributed by atoms with Crippen LogP contribution in [-0.2, 0) is 11.3 Å². The van der Waals surface area contributed by atoms with Gasteiger partial charge < -0.3 is 21.3 Å². The number of aromatic nitrogens is 1. The number of urea groups is 1. The van der Waals surface area contributed by atoms with E-state index in [0.717, 1.165) is 27.9 Å². The summed E-state index contributed by atoms with van der Waals surface area (Å²) >= 11 is 0. The molecule has 170 valence electrons. The lowest BCUT2D eigenvalue weighted by Gasteiger charge is -2.13. The van der Waals surface area contributed by atoms with Crippen molar-refractivity contribution in [3.63, 3.8) is 0 Å². The standard InChI is InChI=1S/C25H27N5O3/c1-16-11-17(2)23(18(3)12-16)30-22(31)15-28-25(33)27-14-19-5-4-6-21(13-19)29-24(32)20-7-9-26-10-8-20/h4-13H,14-15H2,1-3H3,(H,29,32)(H,30,31)(H2,27,28,33). The molecule has 0 aliphatic carbocycles. The minimum absolute atomic E-state index is 0.152. The number of hydrogen-bond acceptors (Lipinski definition) is 4. The summed E-state index contributed by atoms with van der Waals surface area (Å²) in [5, 5.41) is 10.9. The summed E-state index contributed by atoms with van der Waals surface area (Å²) in [4.78, 5) is 40.5. The van der Waals surface area contributed by atoms with Crippen LogP contribution in [0.25, 0.3) is 0 Å². The Morgan fingerprint density at radius 3 is 2.24 bits per heavy atom. The largest absolute Gasteiger partial charge is 0.334 e. The van der Waals surface area contributed by atoms with Gasteiger partial charge in [-0.05, 0) is 61.7 Å². The second-order valence-corrected chi connectivity index (χ2v) is 7.75. The van der Waals surface area contributed by atoms with Gasteiger partial charge in [0.05, 0.1) is 6.54 Å². The summed E-state index contributed by atoms with van der Waals surface area (Å²) in [6.45, 7) is 5.96. The smallest absolute Gasteiger partial charge is 0.315 e. The van der Waals surface area contributed by atoms with Crippen molar-refractivity contribution < 1.29 is 14.4 Å². The van der Waals surface area contributed by atoms with Gasteiger partial charge in [-0.2, -0.15) is 0 Å². The number of nitrogens with zero attached hydrogens (tertiary/aromatic N) is 1. The molecule has 4 amide bonds. The topological polar surface area (TPSA) is 112 Å². The van der Waals surface area contributed by atoms with Gasteiger partial charge in [-0.25, -0.2) is 4.79 Å². The average Bonchev–Trinajstić information content (AvgIpc) is 2.79. The highest BCUT2D eigenvalue weighted by Crippen LogP contribution is 2.21. The molecule has 4 N–H and O–H groups in total. The Balaban J connectivity index is 1.46. The van der Waals surface area contributed by atoms with Gasteiger partial charge in [0.15, 0.2) is 0 Å². The number of nitrogens with one attached hydrogen (secondary N) is 4. The Morgan fingerprint density at radius 2 is 1.55 bits per heavy atom. The Labute approximate surface area is 192 Å². The van der Waals surface area contributed by atoms with Gasteiger partial charge in [0.1, 0.15) is 0 Å². The maximum Gasteiger partial charge on any atom is 0.315 e. The first-order valence-electron chi connectivity index (χ1n) is 10.5. The van der Waals surface area contributed by atoms with Crippen LogP contribution in [0.1, 0.15) is 32.6 Å². The molecule has 0 saturated heterocycles. The molecule has 0 unspecified atom stereocenters. The Morgan fingerprint density at radius 1 is 0.848 bits per heavy atom. The number of rotatable bonds is 7. The predicted molar refractivity (Wildman–Crippen MR) is 128 cm³/mol. The van der Waals surface area contributed by atoms with Gasteiger partial charge in [-0.15, -0.1) is 0 Å². The normalized spacial score (nSPS) is 10.3. The molecule has 1 heterocycles. The van der Waals surface area contributed by atoms with E-state index in [9.17, 15) is 14.4 Å². The first kappa shape index (κ1) is 23.5. The number of carbonyl (C=O) groups is 3. The zero-order valence-electron chi connectivity index (χ0n) is 18.9. The number of benzene rings is 2. The third kappa shape index (κ3) is 6.90. The third-order valence-electron chi connectivity index (χ3n) is 4.93. The van der Waals surface area contributed by atoms with Crippen LogP contribution in [0.5, 0.6) is 0 Å². The SMILES string of the molecule is Cc1cc(C)c(NC(=O)CNC(=O)NCc2cccc(NC(=O)c3ccncc3)c2)c(C)c1. The van der Waals surface area contributed by atoms with Gasteiger partial charge >= 0.3 is 6.03 Å². The molecule has 0 radical (unpaired) electrons. The average molecular weight is 446 g/mol. The predicted octanol–water partition coefficient (Wildman–Crippen LogP) is 3.70. The molecular weight excluding hydrogens is 418 g/mol. The van der Waals surface area contributed by atoms with Crippen LogP contribution in [0.3, 0.4) is 0 Å². The zero-order chi connectivity index (χ0) is 23.8.